The number of anilines is 1. The number of aromatic nitrogens is 5. The van der Waals surface area contributed by atoms with E-state index >= 15 is 0 Å². The molecular formula is C15H15BrN8O2. The lowest BCUT2D eigenvalue weighted by Crippen LogP contribution is -2.21. The van der Waals surface area contributed by atoms with Crippen LogP contribution in [-0.2, 0) is 0 Å². The first-order valence-electron chi connectivity index (χ1n) is 7.60. The highest BCUT2D eigenvalue weighted by Gasteiger charge is 2.25. The standard InChI is InChI=1S/C15H15BrN8O2/c1-8(2)12-11(19-23-24(12)14-13(17)21-26-22-14)15(25)20-18-7-9-4-3-5-10(16)6-9/h3-8H,1-2H3,(H2,17,21)(H,20,25)/b18-7-. The largest absolute Gasteiger partial charge is 0.378 e. The number of halogens is 1. The van der Waals surface area contributed by atoms with Crippen LogP contribution in [0, 0.1) is 0 Å². The summed E-state index contributed by atoms with van der Waals surface area (Å²) in [6, 6.07) is 7.49. The van der Waals surface area contributed by atoms with E-state index < -0.39 is 5.91 Å². The maximum atomic E-state index is 12.5. The number of nitrogens with two attached hydrogens (primary N) is 1. The number of carbonyl (C=O) groups is 1. The van der Waals surface area contributed by atoms with Gasteiger partial charge >= 0.3 is 0 Å². The van der Waals surface area contributed by atoms with E-state index in [0.717, 1.165) is 10.0 Å². The Morgan fingerprint density at radius 2 is 2.23 bits per heavy atom. The Balaban J connectivity index is 1.83. The van der Waals surface area contributed by atoms with Crippen molar-refractivity contribution in [1.82, 2.24) is 30.7 Å². The number of nitrogens with one attached hydrogen (secondary N) is 1. The highest BCUT2D eigenvalue weighted by atomic mass is 79.9. The Morgan fingerprint density at radius 1 is 1.42 bits per heavy atom. The van der Waals surface area contributed by atoms with E-state index in [9.17, 15) is 4.79 Å². The number of nitrogen functional groups attached to an aromatic ring is 1. The summed E-state index contributed by atoms with van der Waals surface area (Å²) >= 11 is 3.37. The van der Waals surface area contributed by atoms with Gasteiger partial charge in [-0.15, -0.1) is 5.10 Å². The Bertz CT molecular complexity index is 962. The Labute approximate surface area is 156 Å². The average molecular weight is 419 g/mol. The third-order valence-electron chi connectivity index (χ3n) is 3.39. The van der Waals surface area contributed by atoms with E-state index in [-0.39, 0.29) is 23.2 Å². The van der Waals surface area contributed by atoms with Crippen molar-refractivity contribution in [2.75, 3.05) is 5.73 Å². The van der Waals surface area contributed by atoms with Crippen LogP contribution in [0.2, 0.25) is 0 Å². The first-order chi connectivity index (χ1) is 12.5. The zero-order chi connectivity index (χ0) is 18.7. The van der Waals surface area contributed by atoms with Crippen molar-refractivity contribution in [2.45, 2.75) is 19.8 Å². The van der Waals surface area contributed by atoms with Gasteiger partial charge < -0.3 is 5.73 Å². The van der Waals surface area contributed by atoms with Crippen molar-refractivity contribution < 1.29 is 9.42 Å². The summed E-state index contributed by atoms with van der Waals surface area (Å²) in [6.45, 7) is 3.78. The smallest absolute Gasteiger partial charge is 0.293 e. The Morgan fingerprint density at radius 3 is 2.88 bits per heavy atom. The summed E-state index contributed by atoms with van der Waals surface area (Å²) in [7, 11) is 0. The van der Waals surface area contributed by atoms with Gasteiger partial charge in [0.15, 0.2) is 5.69 Å². The van der Waals surface area contributed by atoms with Crippen molar-refractivity contribution in [1.29, 1.82) is 0 Å². The summed E-state index contributed by atoms with van der Waals surface area (Å²) < 4.78 is 6.84. The van der Waals surface area contributed by atoms with Gasteiger partial charge in [0.25, 0.3) is 5.91 Å². The van der Waals surface area contributed by atoms with Gasteiger partial charge in [-0.3, -0.25) is 4.79 Å². The number of nitrogens with zero attached hydrogens (tertiary/aromatic N) is 6. The first-order valence-corrected chi connectivity index (χ1v) is 8.39. The zero-order valence-corrected chi connectivity index (χ0v) is 15.5. The molecule has 0 aliphatic heterocycles. The topological polar surface area (TPSA) is 137 Å². The average Bonchev–Trinajstić information content (AvgIpc) is 3.20. The van der Waals surface area contributed by atoms with E-state index in [1.807, 2.05) is 38.1 Å². The summed E-state index contributed by atoms with van der Waals surface area (Å²) in [5.41, 5.74) is 9.61. The molecule has 11 heteroatoms. The monoisotopic (exact) mass is 418 g/mol. The molecule has 134 valence electrons. The number of hydrogen-bond donors (Lipinski definition) is 2. The normalized spacial score (nSPS) is 11.4. The van der Waals surface area contributed by atoms with E-state index in [1.54, 1.807) is 0 Å². The van der Waals surface area contributed by atoms with Gasteiger partial charge in [0.2, 0.25) is 11.6 Å². The SMILES string of the molecule is CC(C)c1c(C(=O)N/N=C\c2cccc(Br)c2)nnn1-c1nonc1N. The quantitative estimate of drug-likeness (QED) is 0.476. The lowest BCUT2D eigenvalue weighted by Gasteiger charge is -2.08. The van der Waals surface area contributed by atoms with Crippen molar-refractivity contribution >= 4 is 33.9 Å². The molecule has 0 unspecified atom stereocenters. The minimum atomic E-state index is -0.499. The molecule has 3 rings (SSSR count). The molecule has 1 aromatic carbocycles. The van der Waals surface area contributed by atoms with E-state index in [4.69, 9.17) is 5.73 Å². The molecule has 0 saturated heterocycles. The van der Waals surface area contributed by atoms with Crippen LogP contribution in [0.4, 0.5) is 5.82 Å². The fourth-order valence-electron chi connectivity index (χ4n) is 2.27. The molecule has 2 heterocycles. The number of carbonyl (C=O) groups excluding carboxylic acids is 1. The van der Waals surface area contributed by atoms with Crippen LogP contribution in [0.3, 0.4) is 0 Å². The molecule has 0 aliphatic rings. The van der Waals surface area contributed by atoms with E-state index in [1.165, 1.54) is 10.9 Å². The predicted molar refractivity (Wildman–Crippen MR) is 96.9 cm³/mol. The molecule has 1 amide bonds. The molecule has 0 saturated carbocycles. The lowest BCUT2D eigenvalue weighted by atomic mass is 10.1. The van der Waals surface area contributed by atoms with Crippen molar-refractivity contribution in [3.63, 3.8) is 0 Å². The molecule has 0 spiro atoms. The fourth-order valence-corrected chi connectivity index (χ4v) is 2.69. The molecule has 0 bridgehead atoms. The highest BCUT2D eigenvalue weighted by Crippen LogP contribution is 2.22. The number of rotatable bonds is 5. The summed E-state index contributed by atoms with van der Waals surface area (Å²) in [5, 5.41) is 19.0. The Kier molecular flexibility index (Phi) is 5.07. The van der Waals surface area contributed by atoms with E-state index in [2.05, 4.69) is 51.7 Å². The molecule has 0 fully saturated rings. The van der Waals surface area contributed by atoms with Gasteiger partial charge in [0.1, 0.15) is 0 Å². The van der Waals surface area contributed by atoms with Gasteiger partial charge in [-0.2, -0.15) is 9.78 Å². The second kappa shape index (κ2) is 7.44. The number of hydrogen-bond acceptors (Lipinski definition) is 8. The van der Waals surface area contributed by atoms with Crippen LogP contribution >= 0.6 is 15.9 Å². The minimum absolute atomic E-state index is 0.0523. The van der Waals surface area contributed by atoms with Crippen molar-refractivity contribution in [3.8, 4) is 5.82 Å². The zero-order valence-electron chi connectivity index (χ0n) is 13.9. The van der Waals surface area contributed by atoms with Crippen LogP contribution in [0.1, 0.15) is 41.5 Å². The number of hydrazone groups is 1. The summed E-state index contributed by atoms with van der Waals surface area (Å²) in [5.74, 6) is -0.355. The molecule has 26 heavy (non-hydrogen) atoms. The van der Waals surface area contributed by atoms with Crippen LogP contribution in [0.15, 0.2) is 38.5 Å². The van der Waals surface area contributed by atoms with E-state index in [0.29, 0.717) is 5.69 Å². The van der Waals surface area contributed by atoms with Crippen molar-refractivity contribution in [3.05, 3.63) is 45.7 Å². The van der Waals surface area contributed by atoms with Gasteiger partial charge in [-0.05, 0) is 33.9 Å². The fraction of sp³-hybridized carbons (Fsp3) is 0.200. The van der Waals surface area contributed by atoms with Gasteiger partial charge in [-0.1, -0.05) is 47.1 Å². The molecule has 3 aromatic rings. The molecule has 0 radical (unpaired) electrons. The molecule has 2 aromatic heterocycles. The third-order valence-corrected chi connectivity index (χ3v) is 3.88. The molecule has 0 aliphatic carbocycles. The maximum Gasteiger partial charge on any atom is 0.293 e. The highest BCUT2D eigenvalue weighted by molar-refractivity contribution is 9.10. The van der Waals surface area contributed by atoms with Crippen LogP contribution in [-0.4, -0.2) is 37.4 Å². The van der Waals surface area contributed by atoms with Gasteiger partial charge in [0, 0.05) is 4.47 Å². The molecule has 3 N–H and O–H groups in total. The summed E-state index contributed by atoms with van der Waals surface area (Å²) in [6.07, 6.45) is 1.53. The van der Waals surface area contributed by atoms with Crippen LogP contribution in [0.5, 0.6) is 0 Å². The molecule has 10 nitrogen and oxygen atoms in total. The molecular weight excluding hydrogens is 404 g/mol. The Hall–Kier alpha value is -3.08. The van der Waals surface area contributed by atoms with Crippen LogP contribution < -0.4 is 11.2 Å². The lowest BCUT2D eigenvalue weighted by molar-refractivity contribution is 0.0948. The second-order valence-corrected chi connectivity index (χ2v) is 6.53. The van der Waals surface area contributed by atoms with Crippen molar-refractivity contribution in [2.24, 2.45) is 5.10 Å². The number of benzene rings is 1. The first kappa shape index (κ1) is 17.7. The molecule has 0 atom stereocenters. The second-order valence-electron chi connectivity index (χ2n) is 5.62. The van der Waals surface area contributed by atoms with Gasteiger partial charge in [0.05, 0.1) is 11.9 Å². The maximum absolute atomic E-state index is 12.5. The summed E-state index contributed by atoms with van der Waals surface area (Å²) in [4.78, 5) is 12.5. The number of amides is 1. The third kappa shape index (κ3) is 3.61. The van der Waals surface area contributed by atoms with Gasteiger partial charge in [-0.25, -0.2) is 10.1 Å². The minimum Gasteiger partial charge on any atom is -0.378 e. The predicted octanol–water partition coefficient (Wildman–Crippen LogP) is 1.88. The van der Waals surface area contributed by atoms with Crippen LogP contribution in [0.25, 0.3) is 5.82 Å².